The molecule has 0 saturated carbocycles. The van der Waals surface area contributed by atoms with Gasteiger partial charge in [0.15, 0.2) is 0 Å². The van der Waals surface area contributed by atoms with E-state index in [4.69, 9.17) is 28.9 Å². The average molecular weight is 373 g/mol. The molecule has 3 rings (SSSR count). The van der Waals surface area contributed by atoms with Crippen molar-refractivity contribution in [2.45, 2.75) is 20.3 Å². The zero-order valence-corrected chi connectivity index (χ0v) is 15.5. The summed E-state index contributed by atoms with van der Waals surface area (Å²) in [5, 5.41) is 4.52. The third kappa shape index (κ3) is 4.03. The summed E-state index contributed by atoms with van der Waals surface area (Å²) >= 11 is 12.6. The summed E-state index contributed by atoms with van der Waals surface area (Å²) < 4.78 is 0. The second kappa shape index (κ2) is 7.30. The normalized spacial score (nSPS) is 10.7. The Morgan fingerprint density at radius 3 is 2.24 bits per heavy atom. The van der Waals surface area contributed by atoms with Crippen LogP contribution in [0.5, 0.6) is 0 Å². The highest BCUT2D eigenvalue weighted by Crippen LogP contribution is 2.29. The SMILES string of the molecule is Cc1ccc(Nc2nc(N)nc(Cc3c(Cl)cccc3Cl)c2C)cc1. The summed E-state index contributed by atoms with van der Waals surface area (Å²) in [5.41, 5.74) is 10.6. The summed E-state index contributed by atoms with van der Waals surface area (Å²) in [6, 6.07) is 13.5. The van der Waals surface area contributed by atoms with Crippen LogP contribution in [0.2, 0.25) is 10.0 Å². The van der Waals surface area contributed by atoms with Gasteiger partial charge in [0, 0.05) is 27.7 Å². The minimum atomic E-state index is 0.207. The van der Waals surface area contributed by atoms with Gasteiger partial charge in [0.05, 0.1) is 5.69 Å². The Morgan fingerprint density at radius 2 is 1.60 bits per heavy atom. The summed E-state index contributed by atoms with van der Waals surface area (Å²) in [6.45, 7) is 4.00. The van der Waals surface area contributed by atoms with E-state index >= 15 is 0 Å². The Balaban J connectivity index is 1.96. The molecule has 0 saturated heterocycles. The number of nitrogens with two attached hydrogens (primary N) is 1. The van der Waals surface area contributed by atoms with Crippen LogP contribution in [-0.4, -0.2) is 9.97 Å². The Morgan fingerprint density at radius 1 is 0.960 bits per heavy atom. The quantitative estimate of drug-likeness (QED) is 0.650. The van der Waals surface area contributed by atoms with Crippen LogP contribution in [0.25, 0.3) is 0 Å². The Bertz CT molecular complexity index is 888. The maximum atomic E-state index is 6.28. The lowest BCUT2D eigenvalue weighted by Crippen LogP contribution is -2.08. The smallest absolute Gasteiger partial charge is 0.222 e. The van der Waals surface area contributed by atoms with E-state index < -0.39 is 0 Å². The predicted octanol–water partition coefficient (Wildman–Crippen LogP) is 5.32. The molecule has 25 heavy (non-hydrogen) atoms. The highest BCUT2D eigenvalue weighted by molar-refractivity contribution is 6.36. The molecule has 0 bridgehead atoms. The number of aromatic nitrogens is 2. The van der Waals surface area contributed by atoms with Gasteiger partial charge >= 0.3 is 0 Å². The predicted molar refractivity (Wildman–Crippen MR) is 105 cm³/mol. The molecule has 0 fully saturated rings. The standard InChI is InChI=1S/C19H18Cl2N4/c1-11-6-8-13(9-7-11)23-18-12(2)17(24-19(22)25-18)10-14-15(20)4-3-5-16(14)21/h3-9H,10H2,1-2H3,(H3,22,23,24,25). The van der Waals surface area contributed by atoms with Crippen LogP contribution in [0.3, 0.4) is 0 Å². The topological polar surface area (TPSA) is 63.8 Å². The first-order valence-electron chi connectivity index (χ1n) is 7.83. The molecule has 0 amide bonds. The molecule has 6 heteroatoms. The lowest BCUT2D eigenvalue weighted by molar-refractivity contribution is 1.01. The van der Waals surface area contributed by atoms with Crippen molar-refractivity contribution in [2.24, 2.45) is 0 Å². The molecule has 0 unspecified atom stereocenters. The fourth-order valence-electron chi connectivity index (χ4n) is 2.52. The molecule has 0 spiro atoms. The molecule has 3 aromatic rings. The van der Waals surface area contributed by atoms with Gasteiger partial charge in [-0.25, -0.2) is 4.98 Å². The molecule has 0 aliphatic carbocycles. The van der Waals surface area contributed by atoms with E-state index in [-0.39, 0.29) is 5.95 Å². The maximum absolute atomic E-state index is 6.28. The van der Waals surface area contributed by atoms with Gasteiger partial charge in [-0.3, -0.25) is 0 Å². The van der Waals surface area contributed by atoms with Crippen LogP contribution in [-0.2, 0) is 6.42 Å². The summed E-state index contributed by atoms with van der Waals surface area (Å²) in [4.78, 5) is 8.70. The number of nitrogens with zero attached hydrogens (tertiary/aromatic N) is 2. The molecule has 3 N–H and O–H groups in total. The molecule has 128 valence electrons. The van der Waals surface area contributed by atoms with E-state index in [0.29, 0.717) is 22.3 Å². The highest BCUT2D eigenvalue weighted by Gasteiger charge is 2.14. The van der Waals surface area contributed by atoms with Crippen molar-refractivity contribution in [3.8, 4) is 0 Å². The van der Waals surface area contributed by atoms with E-state index in [1.807, 2.05) is 56.3 Å². The number of anilines is 3. The molecule has 1 aromatic heterocycles. The molecule has 4 nitrogen and oxygen atoms in total. The van der Waals surface area contributed by atoms with Gasteiger partial charge in [-0.2, -0.15) is 4.98 Å². The lowest BCUT2D eigenvalue weighted by Gasteiger charge is -2.14. The largest absolute Gasteiger partial charge is 0.368 e. The van der Waals surface area contributed by atoms with Crippen LogP contribution >= 0.6 is 23.2 Å². The first-order valence-corrected chi connectivity index (χ1v) is 8.59. The minimum absolute atomic E-state index is 0.207. The zero-order chi connectivity index (χ0) is 18.0. The van der Waals surface area contributed by atoms with Crippen molar-refractivity contribution < 1.29 is 0 Å². The van der Waals surface area contributed by atoms with Crippen molar-refractivity contribution in [3.63, 3.8) is 0 Å². The van der Waals surface area contributed by atoms with Crippen molar-refractivity contribution in [1.82, 2.24) is 9.97 Å². The number of benzene rings is 2. The van der Waals surface area contributed by atoms with Gasteiger partial charge in [-0.05, 0) is 43.7 Å². The van der Waals surface area contributed by atoms with Gasteiger partial charge in [0.2, 0.25) is 5.95 Å². The van der Waals surface area contributed by atoms with E-state index in [1.54, 1.807) is 0 Å². The first-order chi connectivity index (χ1) is 11.9. The van der Waals surface area contributed by atoms with Crippen molar-refractivity contribution >= 4 is 40.7 Å². The Hall–Kier alpha value is -2.30. The minimum Gasteiger partial charge on any atom is -0.368 e. The third-order valence-corrected chi connectivity index (χ3v) is 4.69. The van der Waals surface area contributed by atoms with Crippen LogP contribution < -0.4 is 11.1 Å². The van der Waals surface area contributed by atoms with Crippen LogP contribution in [0.1, 0.15) is 22.4 Å². The van der Waals surface area contributed by atoms with Crippen molar-refractivity contribution in [1.29, 1.82) is 0 Å². The fourth-order valence-corrected chi connectivity index (χ4v) is 3.05. The molecular weight excluding hydrogens is 355 g/mol. The number of rotatable bonds is 4. The average Bonchev–Trinajstić information content (AvgIpc) is 2.57. The lowest BCUT2D eigenvalue weighted by atomic mass is 10.1. The number of aryl methyl sites for hydroxylation is 1. The van der Waals surface area contributed by atoms with Crippen LogP contribution in [0.4, 0.5) is 17.5 Å². The van der Waals surface area contributed by atoms with Crippen molar-refractivity contribution in [2.75, 3.05) is 11.1 Å². The zero-order valence-electron chi connectivity index (χ0n) is 14.0. The van der Waals surface area contributed by atoms with Gasteiger partial charge < -0.3 is 11.1 Å². The summed E-state index contributed by atoms with van der Waals surface area (Å²) in [6.07, 6.45) is 0.486. The summed E-state index contributed by atoms with van der Waals surface area (Å²) in [7, 11) is 0. The van der Waals surface area contributed by atoms with Gasteiger partial charge in [0.25, 0.3) is 0 Å². The number of nitrogen functional groups attached to an aromatic ring is 1. The number of hydrogen-bond acceptors (Lipinski definition) is 4. The Kier molecular flexibility index (Phi) is 5.11. The van der Waals surface area contributed by atoms with E-state index in [1.165, 1.54) is 5.56 Å². The highest BCUT2D eigenvalue weighted by atomic mass is 35.5. The maximum Gasteiger partial charge on any atom is 0.222 e. The fraction of sp³-hybridized carbons (Fsp3) is 0.158. The number of halogens is 2. The summed E-state index contributed by atoms with van der Waals surface area (Å²) in [5.74, 6) is 0.882. The molecular formula is C19H18Cl2N4. The molecule has 2 aromatic carbocycles. The van der Waals surface area contributed by atoms with E-state index in [0.717, 1.165) is 22.5 Å². The van der Waals surface area contributed by atoms with Crippen molar-refractivity contribution in [3.05, 3.63) is 74.9 Å². The molecule has 0 atom stereocenters. The van der Waals surface area contributed by atoms with Gasteiger partial charge in [0.1, 0.15) is 5.82 Å². The van der Waals surface area contributed by atoms with E-state index in [2.05, 4.69) is 15.3 Å². The second-order valence-electron chi connectivity index (χ2n) is 5.87. The monoisotopic (exact) mass is 372 g/mol. The van der Waals surface area contributed by atoms with Gasteiger partial charge in [-0.15, -0.1) is 0 Å². The molecule has 0 radical (unpaired) electrons. The van der Waals surface area contributed by atoms with E-state index in [9.17, 15) is 0 Å². The third-order valence-electron chi connectivity index (χ3n) is 3.98. The van der Waals surface area contributed by atoms with Gasteiger partial charge in [-0.1, -0.05) is 47.0 Å². The van der Waals surface area contributed by atoms with Crippen LogP contribution in [0, 0.1) is 13.8 Å². The number of nitrogens with one attached hydrogen (secondary N) is 1. The molecule has 0 aliphatic heterocycles. The first kappa shape index (κ1) is 17.5. The van der Waals surface area contributed by atoms with Crippen LogP contribution in [0.15, 0.2) is 42.5 Å². The molecule has 1 heterocycles. The molecule has 0 aliphatic rings. The Labute approximate surface area is 157 Å². The second-order valence-corrected chi connectivity index (χ2v) is 6.68. The number of hydrogen-bond donors (Lipinski definition) is 2.